The molecule has 0 aliphatic heterocycles. The van der Waals surface area contributed by atoms with Crippen molar-refractivity contribution >= 4 is 38.5 Å². The molecular weight excluding hydrogens is 406 g/mol. The zero-order valence-corrected chi connectivity index (χ0v) is 16.1. The van der Waals surface area contributed by atoms with Crippen LogP contribution in [-0.4, -0.2) is 31.7 Å². The van der Waals surface area contributed by atoms with Gasteiger partial charge in [0.05, 0.1) is 23.9 Å². The van der Waals surface area contributed by atoms with Crippen LogP contribution in [0.3, 0.4) is 0 Å². The Morgan fingerprint density at radius 3 is 2.59 bits per heavy atom. The van der Waals surface area contributed by atoms with Crippen molar-refractivity contribution < 1.29 is 4.74 Å². The van der Waals surface area contributed by atoms with Crippen LogP contribution in [0.25, 0.3) is 16.7 Å². The number of fused-ring (bicyclic) bond motifs is 1. The van der Waals surface area contributed by atoms with Gasteiger partial charge in [-0.3, -0.25) is 0 Å². The van der Waals surface area contributed by atoms with Crippen molar-refractivity contribution in [1.82, 2.24) is 19.7 Å². The number of aromatic nitrogens is 4. The summed E-state index contributed by atoms with van der Waals surface area (Å²) in [6, 6.07) is 17.8. The lowest BCUT2D eigenvalue weighted by Gasteiger charge is -2.09. The van der Waals surface area contributed by atoms with Crippen LogP contribution in [0.5, 0.6) is 5.75 Å². The second kappa shape index (κ2) is 8.18. The van der Waals surface area contributed by atoms with Gasteiger partial charge in [-0.1, -0.05) is 34.1 Å². The van der Waals surface area contributed by atoms with Gasteiger partial charge in [-0.15, -0.1) is 0 Å². The van der Waals surface area contributed by atoms with Gasteiger partial charge in [0.15, 0.2) is 5.65 Å². The molecule has 0 radical (unpaired) electrons. The van der Waals surface area contributed by atoms with Gasteiger partial charge in [-0.25, -0.2) is 14.6 Å². The molecule has 1 N–H and O–H groups in total. The summed E-state index contributed by atoms with van der Waals surface area (Å²) >= 11 is 3.40. The van der Waals surface area contributed by atoms with Gasteiger partial charge in [0, 0.05) is 11.0 Å². The molecule has 2 aromatic carbocycles. The molecule has 0 atom stereocenters. The molecule has 0 aliphatic carbocycles. The SMILES string of the molecule is BrCCCOc1ccc(Nc2ncnc3c2cnn3-c2ccccc2)cc1. The molecule has 0 spiro atoms. The van der Waals surface area contributed by atoms with Crippen LogP contribution in [-0.2, 0) is 0 Å². The number of alkyl halides is 1. The van der Waals surface area contributed by atoms with Crippen molar-refractivity contribution in [2.75, 3.05) is 17.3 Å². The number of nitrogens with one attached hydrogen (secondary N) is 1. The molecule has 0 fully saturated rings. The van der Waals surface area contributed by atoms with Crippen LogP contribution in [0.2, 0.25) is 0 Å². The van der Waals surface area contributed by atoms with Crippen LogP contribution in [0, 0.1) is 0 Å². The first-order valence-electron chi connectivity index (χ1n) is 8.65. The van der Waals surface area contributed by atoms with E-state index in [4.69, 9.17) is 4.74 Å². The molecule has 0 amide bonds. The number of halogens is 1. The van der Waals surface area contributed by atoms with Crippen LogP contribution < -0.4 is 10.1 Å². The van der Waals surface area contributed by atoms with E-state index in [1.54, 1.807) is 12.5 Å². The van der Waals surface area contributed by atoms with Crippen molar-refractivity contribution in [2.45, 2.75) is 6.42 Å². The summed E-state index contributed by atoms with van der Waals surface area (Å²) in [5.41, 5.74) is 2.64. The smallest absolute Gasteiger partial charge is 0.168 e. The van der Waals surface area contributed by atoms with Gasteiger partial charge < -0.3 is 10.1 Å². The Kier molecular flexibility index (Phi) is 5.29. The number of hydrogen-bond donors (Lipinski definition) is 1. The number of hydrogen-bond acceptors (Lipinski definition) is 5. The maximum atomic E-state index is 5.68. The number of nitrogens with zero attached hydrogens (tertiary/aromatic N) is 4. The predicted octanol–water partition coefficient (Wildman–Crippen LogP) is 4.72. The topological polar surface area (TPSA) is 64.9 Å². The fourth-order valence-corrected chi connectivity index (χ4v) is 2.95. The highest BCUT2D eigenvalue weighted by atomic mass is 79.9. The van der Waals surface area contributed by atoms with E-state index in [1.165, 1.54) is 0 Å². The summed E-state index contributed by atoms with van der Waals surface area (Å²) in [6.07, 6.45) is 4.30. The normalized spacial score (nSPS) is 10.9. The third-order valence-electron chi connectivity index (χ3n) is 4.03. The molecule has 0 aliphatic rings. The standard InChI is InChI=1S/C20H18BrN5O/c21-11-4-12-27-17-9-7-15(8-10-17)25-19-18-13-24-26(20(18)23-14-22-19)16-5-2-1-3-6-16/h1-3,5-10,13-14H,4,11-12H2,(H,22,23,25). The van der Waals surface area contributed by atoms with E-state index in [-0.39, 0.29) is 0 Å². The van der Waals surface area contributed by atoms with E-state index in [0.717, 1.165) is 45.7 Å². The molecule has 4 rings (SSSR count). The summed E-state index contributed by atoms with van der Waals surface area (Å²) in [4.78, 5) is 8.78. The minimum absolute atomic E-state index is 0.698. The molecule has 7 heteroatoms. The van der Waals surface area contributed by atoms with Crippen molar-refractivity contribution in [3.63, 3.8) is 0 Å². The Morgan fingerprint density at radius 2 is 1.81 bits per heavy atom. The van der Waals surface area contributed by atoms with Crippen molar-refractivity contribution in [3.8, 4) is 11.4 Å². The quantitative estimate of drug-likeness (QED) is 0.344. The first-order chi connectivity index (χ1) is 13.3. The Bertz CT molecular complexity index is 1020. The van der Waals surface area contributed by atoms with Gasteiger partial charge in [0.25, 0.3) is 0 Å². The number of para-hydroxylation sites is 1. The number of anilines is 2. The minimum Gasteiger partial charge on any atom is -0.494 e. The van der Waals surface area contributed by atoms with Gasteiger partial charge in [0.2, 0.25) is 0 Å². The fourth-order valence-electron chi connectivity index (χ4n) is 2.72. The summed E-state index contributed by atoms with van der Waals surface area (Å²) in [5, 5.41) is 9.61. The fraction of sp³-hybridized carbons (Fsp3) is 0.150. The molecular formula is C20H18BrN5O. The van der Waals surface area contributed by atoms with E-state index in [0.29, 0.717) is 6.61 Å². The van der Waals surface area contributed by atoms with Crippen molar-refractivity contribution in [1.29, 1.82) is 0 Å². The first-order valence-corrected chi connectivity index (χ1v) is 9.77. The van der Waals surface area contributed by atoms with Crippen LogP contribution >= 0.6 is 15.9 Å². The van der Waals surface area contributed by atoms with Crippen LogP contribution in [0.4, 0.5) is 11.5 Å². The highest BCUT2D eigenvalue weighted by Crippen LogP contribution is 2.25. The van der Waals surface area contributed by atoms with E-state index >= 15 is 0 Å². The maximum Gasteiger partial charge on any atom is 0.168 e. The number of rotatable bonds is 7. The predicted molar refractivity (Wildman–Crippen MR) is 110 cm³/mol. The molecule has 0 bridgehead atoms. The summed E-state index contributed by atoms with van der Waals surface area (Å²) in [7, 11) is 0. The average Bonchev–Trinajstić information content (AvgIpc) is 3.15. The second-order valence-corrected chi connectivity index (χ2v) is 6.68. The molecule has 2 aromatic heterocycles. The molecule has 4 aromatic rings. The lowest BCUT2D eigenvalue weighted by Crippen LogP contribution is -2.00. The van der Waals surface area contributed by atoms with E-state index in [1.807, 2.05) is 59.3 Å². The van der Waals surface area contributed by atoms with E-state index in [2.05, 4.69) is 36.3 Å². The zero-order chi connectivity index (χ0) is 18.5. The molecule has 27 heavy (non-hydrogen) atoms. The molecule has 6 nitrogen and oxygen atoms in total. The van der Waals surface area contributed by atoms with Crippen LogP contribution in [0.15, 0.2) is 67.1 Å². The lowest BCUT2D eigenvalue weighted by atomic mass is 10.3. The van der Waals surface area contributed by atoms with Gasteiger partial charge in [0.1, 0.15) is 17.9 Å². The highest BCUT2D eigenvalue weighted by Gasteiger charge is 2.11. The lowest BCUT2D eigenvalue weighted by molar-refractivity contribution is 0.319. The molecule has 136 valence electrons. The average molecular weight is 424 g/mol. The molecule has 0 saturated heterocycles. The van der Waals surface area contributed by atoms with E-state index in [9.17, 15) is 0 Å². The molecule has 0 saturated carbocycles. The van der Waals surface area contributed by atoms with Crippen LogP contribution in [0.1, 0.15) is 6.42 Å². The summed E-state index contributed by atoms with van der Waals surface area (Å²) in [5.74, 6) is 1.57. The third kappa shape index (κ3) is 3.93. The Hall–Kier alpha value is -2.93. The second-order valence-electron chi connectivity index (χ2n) is 5.89. The first kappa shape index (κ1) is 17.5. The third-order valence-corrected chi connectivity index (χ3v) is 4.59. The Morgan fingerprint density at radius 1 is 1.00 bits per heavy atom. The van der Waals surface area contributed by atoms with Crippen molar-refractivity contribution in [2.24, 2.45) is 0 Å². The monoisotopic (exact) mass is 423 g/mol. The maximum absolute atomic E-state index is 5.68. The van der Waals surface area contributed by atoms with Crippen molar-refractivity contribution in [3.05, 3.63) is 67.1 Å². The number of ether oxygens (including phenoxy) is 1. The summed E-state index contributed by atoms with van der Waals surface area (Å²) < 4.78 is 7.49. The van der Waals surface area contributed by atoms with Gasteiger partial charge >= 0.3 is 0 Å². The molecule has 0 unspecified atom stereocenters. The number of benzene rings is 2. The zero-order valence-electron chi connectivity index (χ0n) is 14.5. The Balaban J connectivity index is 1.57. The summed E-state index contributed by atoms with van der Waals surface area (Å²) in [6.45, 7) is 0.698. The Labute approximate surface area is 165 Å². The van der Waals surface area contributed by atoms with E-state index < -0.39 is 0 Å². The van der Waals surface area contributed by atoms with Gasteiger partial charge in [-0.2, -0.15) is 5.10 Å². The highest BCUT2D eigenvalue weighted by molar-refractivity contribution is 9.09. The van der Waals surface area contributed by atoms with Gasteiger partial charge in [-0.05, 0) is 42.8 Å². The minimum atomic E-state index is 0.698. The molecule has 2 heterocycles. The largest absolute Gasteiger partial charge is 0.494 e.